The van der Waals surface area contributed by atoms with Gasteiger partial charge in [0.05, 0.1) is 11.4 Å². The Balaban J connectivity index is 1.47. The number of para-hydroxylation sites is 2. The maximum Gasteiger partial charge on any atom is 0.279 e. The van der Waals surface area contributed by atoms with Crippen molar-refractivity contribution in [1.82, 2.24) is 15.5 Å². The van der Waals surface area contributed by atoms with Crippen molar-refractivity contribution in [2.45, 2.75) is 25.8 Å². The van der Waals surface area contributed by atoms with Crippen LogP contribution in [0.2, 0.25) is 0 Å². The molecule has 2 N–H and O–H groups in total. The second-order valence-corrected chi connectivity index (χ2v) is 7.29. The number of nitrogens with one attached hydrogen (secondary N) is 2. The van der Waals surface area contributed by atoms with E-state index in [1.165, 1.54) is 18.5 Å². The van der Waals surface area contributed by atoms with Crippen LogP contribution in [0.1, 0.15) is 34.6 Å². The molecular formula is C19H23N5O. The van der Waals surface area contributed by atoms with Crippen LogP contribution >= 0.6 is 0 Å². The molecule has 0 radical (unpaired) electrons. The average Bonchev–Trinajstić information content (AvgIpc) is 3.37. The number of hydrogen-bond donors (Lipinski definition) is 2. The van der Waals surface area contributed by atoms with Gasteiger partial charge in [-0.1, -0.05) is 12.1 Å². The first-order chi connectivity index (χ1) is 12.3. The van der Waals surface area contributed by atoms with Gasteiger partial charge in [-0.05, 0) is 30.9 Å². The first-order valence-corrected chi connectivity index (χ1v) is 9.24. The van der Waals surface area contributed by atoms with Crippen LogP contribution < -0.4 is 15.1 Å². The molecule has 3 aliphatic rings. The molecule has 6 nitrogen and oxygen atoms in total. The lowest BCUT2D eigenvalue weighted by Gasteiger charge is -2.37. The number of H-pyrrole nitrogens is 1. The molecule has 0 saturated heterocycles. The van der Waals surface area contributed by atoms with Crippen molar-refractivity contribution in [2.75, 3.05) is 36.0 Å². The van der Waals surface area contributed by atoms with Gasteiger partial charge in [0.15, 0.2) is 5.69 Å². The topological polar surface area (TPSA) is 64.3 Å². The van der Waals surface area contributed by atoms with Crippen molar-refractivity contribution in [1.29, 1.82) is 0 Å². The summed E-state index contributed by atoms with van der Waals surface area (Å²) < 4.78 is 0. The molecule has 1 aliphatic carbocycles. The molecule has 0 unspecified atom stereocenters. The second kappa shape index (κ2) is 5.88. The zero-order chi connectivity index (χ0) is 16.8. The van der Waals surface area contributed by atoms with E-state index in [0.29, 0.717) is 5.69 Å². The van der Waals surface area contributed by atoms with Gasteiger partial charge in [-0.3, -0.25) is 9.89 Å². The minimum absolute atomic E-state index is 0.0136. The molecule has 3 heterocycles. The third kappa shape index (κ3) is 2.61. The van der Waals surface area contributed by atoms with E-state index in [9.17, 15) is 4.79 Å². The maximum absolute atomic E-state index is 13.2. The van der Waals surface area contributed by atoms with Crippen molar-refractivity contribution in [3.05, 3.63) is 41.2 Å². The van der Waals surface area contributed by atoms with Gasteiger partial charge in [0.25, 0.3) is 5.91 Å². The molecule has 6 heteroatoms. The molecular weight excluding hydrogens is 314 g/mol. The molecule has 1 aromatic carbocycles. The summed E-state index contributed by atoms with van der Waals surface area (Å²) in [5.74, 6) is 0.847. The van der Waals surface area contributed by atoms with E-state index in [0.717, 1.165) is 62.0 Å². The van der Waals surface area contributed by atoms with Gasteiger partial charge in [0.2, 0.25) is 0 Å². The van der Waals surface area contributed by atoms with Gasteiger partial charge in [0.1, 0.15) is 0 Å². The number of nitrogens with zero attached hydrogens (tertiary/aromatic N) is 3. The van der Waals surface area contributed by atoms with Crippen molar-refractivity contribution in [3.8, 4) is 0 Å². The SMILES string of the molecule is O=C(c1n[nH]c2c1CNCC2)N1CCN(CC2CC2)c2ccccc21. The van der Waals surface area contributed by atoms with Crippen LogP contribution in [0, 0.1) is 5.92 Å². The predicted molar refractivity (Wildman–Crippen MR) is 97.1 cm³/mol. The Morgan fingerprint density at radius 2 is 2.04 bits per heavy atom. The van der Waals surface area contributed by atoms with Crippen LogP contribution in [-0.4, -0.2) is 42.3 Å². The Bertz CT molecular complexity index is 810. The number of anilines is 2. The number of hydrogen-bond acceptors (Lipinski definition) is 4. The Hall–Kier alpha value is -2.34. The number of aromatic amines is 1. The second-order valence-electron chi connectivity index (χ2n) is 7.29. The molecule has 1 amide bonds. The smallest absolute Gasteiger partial charge is 0.279 e. The Morgan fingerprint density at radius 1 is 1.20 bits per heavy atom. The number of amides is 1. The van der Waals surface area contributed by atoms with Gasteiger partial charge < -0.3 is 15.1 Å². The summed E-state index contributed by atoms with van der Waals surface area (Å²) in [7, 11) is 0. The van der Waals surface area contributed by atoms with E-state index in [1.807, 2.05) is 11.0 Å². The van der Waals surface area contributed by atoms with Crippen LogP contribution in [0.15, 0.2) is 24.3 Å². The molecule has 2 aliphatic heterocycles. The normalized spacial score (nSPS) is 19.5. The first-order valence-electron chi connectivity index (χ1n) is 9.24. The van der Waals surface area contributed by atoms with Crippen LogP contribution in [0.3, 0.4) is 0 Å². The van der Waals surface area contributed by atoms with E-state index in [-0.39, 0.29) is 5.91 Å². The highest BCUT2D eigenvalue weighted by atomic mass is 16.2. The molecule has 1 aromatic heterocycles. The van der Waals surface area contributed by atoms with Gasteiger partial charge in [-0.25, -0.2) is 0 Å². The van der Waals surface area contributed by atoms with Gasteiger partial charge in [-0.2, -0.15) is 5.10 Å². The summed E-state index contributed by atoms with van der Waals surface area (Å²) in [5.41, 5.74) is 4.90. The predicted octanol–water partition coefficient (Wildman–Crippen LogP) is 1.93. The number of carbonyl (C=O) groups is 1. The first kappa shape index (κ1) is 15.0. The number of benzene rings is 1. The highest BCUT2D eigenvalue weighted by Gasteiger charge is 2.33. The fourth-order valence-corrected chi connectivity index (χ4v) is 3.96. The van der Waals surface area contributed by atoms with Crippen LogP contribution in [0.25, 0.3) is 0 Å². The molecule has 1 fully saturated rings. The number of carbonyl (C=O) groups excluding carboxylic acids is 1. The minimum atomic E-state index is 0.0136. The molecule has 0 atom stereocenters. The molecule has 1 saturated carbocycles. The standard InChI is InChI=1S/C19H23N5O/c25-19(18-14-11-20-8-7-15(14)21-22-18)24-10-9-23(12-13-5-6-13)16-3-1-2-4-17(16)24/h1-4,13,20H,5-12H2,(H,21,22). The lowest BCUT2D eigenvalue weighted by atomic mass is 10.1. The summed E-state index contributed by atoms with van der Waals surface area (Å²) in [4.78, 5) is 17.6. The lowest BCUT2D eigenvalue weighted by Crippen LogP contribution is -2.45. The monoisotopic (exact) mass is 337 g/mol. The largest absolute Gasteiger partial charge is 0.368 e. The van der Waals surface area contributed by atoms with E-state index in [4.69, 9.17) is 0 Å². The fraction of sp³-hybridized carbons (Fsp3) is 0.474. The maximum atomic E-state index is 13.2. The molecule has 130 valence electrons. The van der Waals surface area contributed by atoms with Crippen molar-refractivity contribution in [2.24, 2.45) is 5.92 Å². The summed E-state index contributed by atoms with van der Waals surface area (Å²) in [6.07, 6.45) is 3.59. The van der Waals surface area contributed by atoms with Gasteiger partial charge >= 0.3 is 0 Å². The molecule has 2 aromatic rings. The molecule has 25 heavy (non-hydrogen) atoms. The zero-order valence-electron chi connectivity index (χ0n) is 14.3. The highest BCUT2D eigenvalue weighted by molar-refractivity contribution is 6.08. The van der Waals surface area contributed by atoms with Gasteiger partial charge in [-0.15, -0.1) is 0 Å². The zero-order valence-corrected chi connectivity index (χ0v) is 14.3. The van der Waals surface area contributed by atoms with E-state index in [1.54, 1.807) is 0 Å². The van der Waals surface area contributed by atoms with Crippen LogP contribution in [-0.2, 0) is 13.0 Å². The quantitative estimate of drug-likeness (QED) is 0.898. The summed E-state index contributed by atoms with van der Waals surface area (Å²) in [6, 6.07) is 8.27. The number of aromatic nitrogens is 2. The lowest BCUT2D eigenvalue weighted by molar-refractivity contribution is 0.0980. The number of fused-ring (bicyclic) bond motifs is 2. The molecule has 0 spiro atoms. The van der Waals surface area contributed by atoms with E-state index in [2.05, 4.69) is 38.6 Å². The third-order valence-corrected chi connectivity index (χ3v) is 5.54. The summed E-state index contributed by atoms with van der Waals surface area (Å²) >= 11 is 0. The molecule has 5 rings (SSSR count). The summed E-state index contributed by atoms with van der Waals surface area (Å²) in [6.45, 7) is 4.38. The fourth-order valence-electron chi connectivity index (χ4n) is 3.96. The van der Waals surface area contributed by atoms with E-state index < -0.39 is 0 Å². The average molecular weight is 337 g/mol. The Labute approximate surface area is 147 Å². The van der Waals surface area contributed by atoms with Crippen molar-refractivity contribution in [3.63, 3.8) is 0 Å². The molecule has 0 bridgehead atoms. The van der Waals surface area contributed by atoms with Gasteiger partial charge in [0, 0.05) is 50.4 Å². The van der Waals surface area contributed by atoms with E-state index >= 15 is 0 Å². The Morgan fingerprint density at radius 3 is 2.88 bits per heavy atom. The summed E-state index contributed by atoms with van der Waals surface area (Å²) in [5, 5.41) is 10.8. The highest BCUT2D eigenvalue weighted by Crippen LogP contribution is 2.38. The number of rotatable bonds is 3. The third-order valence-electron chi connectivity index (χ3n) is 5.54. The van der Waals surface area contributed by atoms with Crippen LogP contribution in [0.5, 0.6) is 0 Å². The Kier molecular flexibility index (Phi) is 3.52. The van der Waals surface area contributed by atoms with Crippen LogP contribution in [0.4, 0.5) is 11.4 Å². The van der Waals surface area contributed by atoms with Crippen molar-refractivity contribution >= 4 is 17.3 Å². The minimum Gasteiger partial charge on any atom is -0.368 e. The van der Waals surface area contributed by atoms with Crippen molar-refractivity contribution < 1.29 is 4.79 Å².